The molecule has 0 saturated carbocycles. The quantitative estimate of drug-likeness (QED) is 0.316. The molecule has 1 heteroatoms. The first-order valence-electron chi connectivity index (χ1n) is 2.79. The van der Waals surface area contributed by atoms with Crippen molar-refractivity contribution in [3.05, 3.63) is 37.0 Å². The summed E-state index contributed by atoms with van der Waals surface area (Å²) in [6.07, 6.45) is 10.3. The zero-order valence-electron chi connectivity index (χ0n) is 5.29. The van der Waals surface area contributed by atoms with Gasteiger partial charge in [0.2, 0.25) is 0 Å². The van der Waals surface area contributed by atoms with Gasteiger partial charge in [0.25, 0.3) is 0 Å². The first kappa shape index (κ1) is 7.89. The highest BCUT2D eigenvalue weighted by atomic mass is 16.1. The lowest BCUT2D eigenvalue weighted by atomic mass is 10.3. The predicted molar refractivity (Wildman–Crippen MR) is 39.2 cm³/mol. The van der Waals surface area contributed by atoms with Crippen molar-refractivity contribution in [3.63, 3.8) is 0 Å². The SMILES string of the molecule is C=C/C=C/C/C=C/C=O. The fourth-order valence-corrected chi connectivity index (χ4v) is 0.387. The summed E-state index contributed by atoms with van der Waals surface area (Å²) in [5, 5.41) is 0. The smallest absolute Gasteiger partial charge is 0.142 e. The van der Waals surface area contributed by atoms with Gasteiger partial charge in [0.05, 0.1) is 0 Å². The Bertz CT molecular complexity index is 116. The number of aldehydes is 1. The number of allylic oxidation sites excluding steroid dienone is 5. The number of hydrogen-bond donors (Lipinski definition) is 0. The minimum absolute atomic E-state index is 0.766. The second-order valence-electron chi connectivity index (χ2n) is 1.46. The minimum atomic E-state index is 0.766. The Morgan fingerprint density at radius 1 is 1.22 bits per heavy atom. The zero-order chi connectivity index (χ0) is 6.95. The fraction of sp³-hybridized carbons (Fsp3) is 0.125. The molecule has 1 nitrogen and oxygen atoms in total. The van der Waals surface area contributed by atoms with Gasteiger partial charge in [0.1, 0.15) is 6.29 Å². The van der Waals surface area contributed by atoms with Crippen LogP contribution in [0.1, 0.15) is 6.42 Å². The first-order chi connectivity index (χ1) is 4.41. The Morgan fingerprint density at radius 3 is 2.44 bits per heavy atom. The van der Waals surface area contributed by atoms with E-state index >= 15 is 0 Å². The highest BCUT2D eigenvalue weighted by Gasteiger charge is 1.66. The molecule has 48 valence electrons. The van der Waals surface area contributed by atoms with Gasteiger partial charge in [-0.25, -0.2) is 0 Å². The molecule has 9 heavy (non-hydrogen) atoms. The van der Waals surface area contributed by atoms with E-state index in [4.69, 9.17) is 0 Å². The van der Waals surface area contributed by atoms with E-state index < -0.39 is 0 Å². The van der Waals surface area contributed by atoms with E-state index in [1.54, 1.807) is 12.2 Å². The molecule has 0 atom stereocenters. The van der Waals surface area contributed by atoms with Crippen LogP contribution in [0.2, 0.25) is 0 Å². The number of carbonyl (C=O) groups is 1. The third-order valence-electron chi connectivity index (χ3n) is 0.759. The van der Waals surface area contributed by atoms with Gasteiger partial charge in [-0.15, -0.1) is 0 Å². The normalized spacial score (nSPS) is 10.7. The molecule has 0 unspecified atom stereocenters. The fourth-order valence-electron chi connectivity index (χ4n) is 0.387. The average molecular weight is 122 g/mol. The lowest BCUT2D eigenvalue weighted by Crippen LogP contribution is -1.59. The van der Waals surface area contributed by atoms with E-state index in [0.29, 0.717) is 0 Å². The highest BCUT2D eigenvalue weighted by Crippen LogP contribution is 1.83. The first-order valence-corrected chi connectivity index (χ1v) is 2.79. The van der Waals surface area contributed by atoms with Gasteiger partial charge in [-0.05, 0) is 12.5 Å². The van der Waals surface area contributed by atoms with Crippen LogP contribution in [0.25, 0.3) is 0 Å². The molecule has 0 saturated heterocycles. The summed E-state index contributed by atoms with van der Waals surface area (Å²) >= 11 is 0. The molecular weight excluding hydrogens is 112 g/mol. The van der Waals surface area contributed by atoms with Gasteiger partial charge >= 0.3 is 0 Å². The van der Waals surface area contributed by atoms with E-state index in [-0.39, 0.29) is 0 Å². The monoisotopic (exact) mass is 122 g/mol. The van der Waals surface area contributed by atoms with E-state index in [1.807, 2.05) is 12.2 Å². The predicted octanol–water partition coefficient (Wildman–Crippen LogP) is 1.87. The molecule has 0 N–H and O–H groups in total. The maximum atomic E-state index is 9.71. The Morgan fingerprint density at radius 2 is 1.89 bits per heavy atom. The Hall–Kier alpha value is -1.11. The van der Waals surface area contributed by atoms with Crippen molar-refractivity contribution in [3.8, 4) is 0 Å². The summed E-state index contributed by atoms with van der Waals surface area (Å²) in [5.41, 5.74) is 0. The largest absolute Gasteiger partial charge is 0.299 e. The van der Waals surface area contributed by atoms with Gasteiger partial charge in [-0.1, -0.05) is 30.9 Å². The molecule has 0 spiro atoms. The third kappa shape index (κ3) is 6.89. The molecule has 0 aliphatic rings. The molecule has 0 amide bonds. The van der Waals surface area contributed by atoms with Crippen LogP contribution in [0, 0.1) is 0 Å². The maximum Gasteiger partial charge on any atom is 0.142 e. The van der Waals surface area contributed by atoms with Gasteiger partial charge in [0.15, 0.2) is 0 Å². The molecule has 0 heterocycles. The summed E-state index contributed by atoms with van der Waals surface area (Å²) in [4.78, 5) is 9.71. The van der Waals surface area contributed by atoms with Crippen molar-refractivity contribution < 1.29 is 4.79 Å². The van der Waals surface area contributed by atoms with Crippen molar-refractivity contribution in [2.45, 2.75) is 6.42 Å². The number of carbonyl (C=O) groups excluding carboxylic acids is 1. The molecule has 0 rings (SSSR count). The van der Waals surface area contributed by atoms with Crippen molar-refractivity contribution in [1.82, 2.24) is 0 Å². The van der Waals surface area contributed by atoms with E-state index in [0.717, 1.165) is 12.7 Å². The molecule has 0 aromatic rings. The second kappa shape index (κ2) is 6.89. The Kier molecular flexibility index (Phi) is 6.04. The van der Waals surface area contributed by atoms with E-state index in [2.05, 4.69) is 6.58 Å². The molecule has 0 aromatic carbocycles. The van der Waals surface area contributed by atoms with Gasteiger partial charge < -0.3 is 0 Å². The molecular formula is C8H10O. The van der Waals surface area contributed by atoms with Crippen molar-refractivity contribution >= 4 is 6.29 Å². The van der Waals surface area contributed by atoms with Crippen LogP contribution < -0.4 is 0 Å². The van der Waals surface area contributed by atoms with Gasteiger partial charge in [-0.3, -0.25) is 4.79 Å². The summed E-state index contributed by atoms with van der Waals surface area (Å²) in [5.74, 6) is 0. The summed E-state index contributed by atoms with van der Waals surface area (Å²) < 4.78 is 0. The molecule has 0 aromatic heterocycles. The highest BCUT2D eigenvalue weighted by molar-refractivity contribution is 5.64. The molecule has 0 fully saturated rings. The molecule has 0 aliphatic carbocycles. The second-order valence-corrected chi connectivity index (χ2v) is 1.46. The topological polar surface area (TPSA) is 17.1 Å². The standard InChI is InChI=1S/C8H10O/c1-2-3-4-5-6-7-8-9/h2-4,6-8H,1,5H2/b4-3+,7-6+. The van der Waals surface area contributed by atoms with Crippen LogP contribution in [-0.2, 0) is 4.79 Å². The van der Waals surface area contributed by atoms with E-state index in [9.17, 15) is 4.79 Å². The van der Waals surface area contributed by atoms with Gasteiger partial charge in [0, 0.05) is 0 Å². The summed E-state index contributed by atoms with van der Waals surface area (Å²) in [6, 6.07) is 0. The van der Waals surface area contributed by atoms with Crippen LogP contribution in [0.3, 0.4) is 0 Å². The van der Waals surface area contributed by atoms with Crippen molar-refractivity contribution in [2.75, 3.05) is 0 Å². The number of rotatable bonds is 4. The third-order valence-corrected chi connectivity index (χ3v) is 0.759. The summed E-state index contributed by atoms with van der Waals surface area (Å²) in [7, 11) is 0. The molecule has 0 radical (unpaired) electrons. The van der Waals surface area contributed by atoms with Crippen LogP contribution in [-0.4, -0.2) is 6.29 Å². The van der Waals surface area contributed by atoms with Crippen molar-refractivity contribution in [1.29, 1.82) is 0 Å². The summed E-state index contributed by atoms with van der Waals surface area (Å²) in [6.45, 7) is 3.50. The average Bonchev–Trinajstić information content (AvgIpc) is 1.89. The maximum absolute atomic E-state index is 9.71. The van der Waals surface area contributed by atoms with Crippen LogP contribution in [0.5, 0.6) is 0 Å². The lowest BCUT2D eigenvalue weighted by molar-refractivity contribution is -0.104. The molecule has 0 aliphatic heterocycles. The van der Waals surface area contributed by atoms with Crippen LogP contribution >= 0.6 is 0 Å². The van der Waals surface area contributed by atoms with Crippen LogP contribution in [0.15, 0.2) is 37.0 Å². The Labute approximate surface area is 55.4 Å². The minimum Gasteiger partial charge on any atom is -0.299 e. The van der Waals surface area contributed by atoms with E-state index in [1.165, 1.54) is 6.08 Å². The van der Waals surface area contributed by atoms with Crippen LogP contribution in [0.4, 0.5) is 0 Å². The lowest BCUT2D eigenvalue weighted by Gasteiger charge is -1.74. The van der Waals surface area contributed by atoms with Crippen molar-refractivity contribution in [2.24, 2.45) is 0 Å². The zero-order valence-corrected chi connectivity index (χ0v) is 5.29. The number of hydrogen-bond acceptors (Lipinski definition) is 1. The van der Waals surface area contributed by atoms with Gasteiger partial charge in [-0.2, -0.15) is 0 Å². The molecule has 0 bridgehead atoms. The Balaban J connectivity index is 3.27.